The first-order valence-electron chi connectivity index (χ1n) is 10.3. The van der Waals surface area contributed by atoms with Gasteiger partial charge < -0.3 is 15.1 Å². The Morgan fingerprint density at radius 3 is 2.34 bits per heavy atom. The third-order valence-corrected chi connectivity index (χ3v) is 5.40. The van der Waals surface area contributed by atoms with E-state index in [1.807, 2.05) is 49.1 Å². The van der Waals surface area contributed by atoms with Gasteiger partial charge >= 0.3 is 6.03 Å². The Hall–Kier alpha value is -2.82. The molecule has 0 unspecified atom stereocenters. The van der Waals surface area contributed by atoms with Crippen molar-refractivity contribution in [2.75, 3.05) is 25.0 Å². The van der Waals surface area contributed by atoms with Crippen LogP contribution in [0.5, 0.6) is 0 Å². The normalized spacial score (nSPS) is 13.2. The Kier molecular flexibility index (Phi) is 6.57. The smallest absolute Gasteiger partial charge is 0.322 e. The molecule has 0 spiro atoms. The Morgan fingerprint density at radius 1 is 1.03 bits per heavy atom. The highest BCUT2D eigenvalue weighted by Crippen LogP contribution is 2.21. The molecule has 0 aliphatic carbocycles. The first-order valence-corrected chi connectivity index (χ1v) is 10.3. The molecule has 29 heavy (non-hydrogen) atoms. The first-order chi connectivity index (χ1) is 13.8. The number of hydrogen-bond donors (Lipinski definition) is 1. The summed E-state index contributed by atoms with van der Waals surface area (Å²) in [7, 11) is 0. The fraction of sp³-hybridized carbons (Fsp3) is 0.417. The molecule has 5 nitrogen and oxygen atoms in total. The van der Waals surface area contributed by atoms with Gasteiger partial charge in [0, 0.05) is 25.3 Å². The molecule has 0 saturated heterocycles. The number of benzene rings is 2. The minimum absolute atomic E-state index is 0.00295. The minimum Gasteiger partial charge on any atom is -0.336 e. The van der Waals surface area contributed by atoms with Crippen LogP contribution in [-0.2, 0) is 17.8 Å². The number of urea groups is 1. The van der Waals surface area contributed by atoms with E-state index in [9.17, 15) is 9.59 Å². The third kappa shape index (κ3) is 5.17. The Balaban J connectivity index is 1.70. The summed E-state index contributed by atoms with van der Waals surface area (Å²) in [5.74, 6) is 0.269. The standard InChI is InChI=1S/C24H31N3O2/c1-17(2)14-27(24(29)25-23-18(3)8-7-9-19(23)4)16-22(28)26-13-12-20-10-5-6-11-21(20)15-26/h5-11,17H,12-16H2,1-4H3,(H,25,29). The Morgan fingerprint density at radius 2 is 1.69 bits per heavy atom. The van der Waals surface area contributed by atoms with E-state index in [-0.39, 0.29) is 24.4 Å². The molecule has 1 aliphatic heterocycles. The maximum Gasteiger partial charge on any atom is 0.322 e. The van der Waals surface area contributed by atoms with E-state index in [1.54, 1.807) is 4.90 Å². The average Bonchev–Trinajstić information content (AvgIpc) is 2.69. The van der Waals surface area contributed by atoms with Gasteiger partial charge in [-0.15, -0.1) is 0 Å². The Labute approximate surface area is 173 Å². The van der Waals surface area contributed by atoms with Crippen LogP contribution >= 0.6 is 0 Å². The molecule has 3 amide bonds. The van der Waals surface area contributed by atoms with Gasteiger partial charge in [0.25, 0.3) is 0 Å². The van der Waals surface area contributed by atoms with E-state index in [0.29, 0.717) is 19.6 Å². The second-order valence-electron chi connectivity index (χ2n) is 8.31. The van der Waals surface area contributed by atoms with E-state index >= 15 is 0 Å². The molecule has 0 aromatic heterocycles. The van der Waals surface area contributed by atoms with Crippen molar-refractivity contribution in [2.24, 2.45) is 5.92 Å². The van der Waals surface area contributed by atoms with Crippen LogP contribution in [0.15, 0.2) is 42.5 Å². The number of rotatable bonds is 5. The van der Waals surface area contributed by atoms with Gasteiger partial charge in [0.2, 0.25) is 5.91 Å². The largest absolute Gasteiger partial charge is 0.336 e. The van der Waals surface area contributed by atoms with Crippen molar-refractivity contribution in [3.63, 3.8) is 0 Å². The molecule has 154 valence electrons. The summed E-state index contributed by atoms with van der Waals surface area (Å²) in [5, 5.41) is 3.02. The highest BCUT2D eigenvalue weighted by molar-refractivity contribution is 5.93. The summed E-state index contributed by atoms with van der Waals surface area (Å²) in [6.45, 7) is 10.0. The predicted octanol–water partition coefficient (Wildman–Crippen LogP) is 4.38. The van der Waals surface area contributed by atoms with Crippen molar-refractivity contribution >= 4 is 17.6 Å². The topological polar surface area (TPSA) is 52.7 Å². The molecule has 3 rings (SSSR count). The number of aryl methyl sites for hydroxylation is 2. The van der Waals surface area contributed by atoms with Crippen molar-refractivity contribution in [1.29, 1.82) is 0 Å². The second-order valence-corrected chi connectivity index (χ2v) is 8.31. The zero-order chi connectivity index (χ0) is 21.0. The van der Waals surface area contributed by atoms with Crippen molar-refractivity contribution in [2.45, 2.75) is 40.7 Å². The molecule has 0 fully saturated rings. The number of hydrogen-bond acceptors (Lipinski definition) is 2. The average molecular weight is 394 g/mol. The lowest BCUT2D eigenvalue weighted by molar-refractivity contribution is -0.132. The van der Waals surface area contributed by atoms with E-state index in [2.05, 4.69) is 31.3 Å². The highest BCUT2D eigenvalue weighted by atomic mass is 16.2. The van der Waals surface area contributed by atoms with Gasteiger partial charge in [0.15, 0.2) is 0 Å². The van der Waals surface area contributed by atoms with Crippen LogP contribution in [0.4, 0.5) is 10.5 Å². The Bertz CT molecular complexity index is 871. The van der Waals surface area contributed by atoms with Crippen molar-refractivity contribution in [1.82, 2.24) is 9.80 Å². The van der Waals surface area contributed by atoms with Gasteiger partial charge in [-0.2, -0.15) is 0 Å². The van der Waals surface area contributed by atoms with Crippen LogP contribution in [0.2, 0.25) is 0 Å². The van der Waals surface area contributed by atoms with Crippen molar-refractivity contribution in [3.05, 3.63) is 64.7 Å². The van der Waals surface area contributed by atoms with Gasteiger partial charge in [0.05, 0.1) is 0 Å². The van der Waals surface area contributed by atoms with Crippen molar-refractivity contribution in [3.8, 4) is 0 Å². The number of carbonyl (C=O) groups excluding carboxylic acids is 2. The second kappa shape index (κ2) is 9.12. The lowest BCUT2D eigenvalue weighted by Crippen LogP contribution is -2.47. The number of carbonyl (C=O) groups is 2. The zero-order valence-electron chi connectivity index (χ0n) is 17.9. The summed E-state index contributed by atoms with van der Waals surface area (Å²) in [4.78, 5) is 29.5. The van der Waals surface area contributed by atoms with Gasteiger partial charge in [-0.05, 0) is 48.4 Å². The number of fused-ring (bicyclic) bond motifs is 1. The summed E-state index contributed by atoms with van der Waals surface area (Å²) < 4.78 is 0. The van der Waals surface area contributed by atoms with Crippen molar-refractivity contribution < 1.29 is 9.59 Å². The van der Waals surface area contributed by atoms with Gasteiger partial charge in [-0.1, -0.05) is 56.3 Å². The van der Waals surface area contributed by atoms with Gasteiger partial charge in [-0.3, -0.25) is 4.79 Å². The maximum atomic E-state index is 13.0. The van der Waals surface area contributed by atoms with E-state index in [4.69, 9.17) is 0 Å². The highest BCUT2D eigenvalue weighted by Gasteiger charge is 2.25. The number of amides is 3. The first kappa shape index (κ1) is 20.9. The molecule has 5 heteroatoms. The van der Waals surface area contributed by atoms with E-state index in [1.165, 1.54) is 11.1 Å². The molecule has 2 aromatic rings. The maximum absolute atomic E-state index is 13.0. The minimum atomic E-state index is -0.221. The van der Waals surface area contributed by atoms with E-state index in [0.717, 1.165) is 23.2 Å². The molecule has 0 bridgehead atoms. The number of nitrogens with one attached hydrogen (secondary N) is 1. The van der Waals surface area contributed by atoms with Crippen LogP contribution in [0, 0.1) is 19.8 Å². The molecule has 0 radical (unpaired) electrons. The molecule has 1 aliphatic rings. The van der Waals surface area contributed by atoms with Gasteiger partial charge in [0.1, 0.15) is 6.54 Å². The van der Waals surface area contributed by atoms with Crippen LogP contribution in [0.1, 0.15) is 36.1 Å². The monoisotopic (exact) mass is 393 g/mol. The molecular weight excluding hydrogens is 362 g/mol. The summed E-state index contributed by atoms with van der Waals surface area (Å²) in [5.41, 5.74) is 5.36. The lowest BCUT2D eigenvalue weighted by atomic mass is 10.00. The predicted molar refractivity (Wildman–Crippen MR) is 117 cm³/mol. The molecule has 1 heterocycles. The zero-order valence-corrected chi connectivity index (χ0v) is 17.9. The summed E-state index contributed by atoms with van der Waals surface area (Å²) >= 11 is 0. The summed E-state index contributed by atoms with van der Waals surface area (Å²) in [6, 6.07) is 14.0. The molecule has 0 saturated carbocycles. The van der Waals surface area contributed by atoms with Crippen LogP contribution < -0.4 is 5.32 Å². The molecule has 1 N–H and O–H groups in total. The van der Waals surface area contributed by atoms with Crippen LogP contribution in [0.25, 0.3) is 0 Å². The fourth-order valence-electron chi connectivity index (χ4n) is 3.83. The number of anilines is 1. The summed E-state index contributed by atoms with van der Waals surface area (Å²) in [6.07, 6.45) is 0.862. The lowest BCUT2D eigenvalue weighted by Gasteiger charge is -2.32. The molecule has 0 atom stereocenters. The van der Waals surface area contributed by atoms with Crippen LogP contribution in [0.3, 0.4) is 0 Å². The van der Waals surface area contributed by atoms with E-state index < -0.39 is 0 Å². The quantitative estimate of drug-likeness (QED) is 0.820. The SMILES string of the molecule is Cc1cccc(C)c1NC(=O)N(CC(=O)N1CCc2ccccc2C1)CC(C)C. The fourth-order valence-corrected chi connectivity index (χ4v) is 3.83. The number of nitrogens with zero attached hydrogens (tertiary/aromatic N) is 2. The molecular formula is C24H31N3O2. The third-order valence-electron chi connectivity index (χ3n) is 5.40. The van der Waals surface area contributed by atoms with Crippen LogP contribution in [-0.4, -0.2) is 41.4 Å². The van der Waals surface area contributed by atoms with Gasteiger partial charge in [-0.25, -0.2) is 4.79 Å². The molecule has 2 aromatic carbocycles. The number of para-hydroxylation sites is 1.